The Hall–Kier alpha value is -2.44. The fraction of sp³-hybridized carbons (Fsp3) is 0.526. The van der Waals surface area contributed by atoms with Crippen molar-refractivity contribution in [2.24, 2.45) is 5.41 Å². The lowest BCUT2D eigenvalue weighted by molar-refractivity contribution is -0.145. The van der Waals surface area contributed by atoms with Crippen LogP contribution in [0.5, 0.6) is 5.75 Å². The van der Waals surface area contributed by atoms with Gasteiger partial charge in [0.1, 0.15) is 24.7 Å². The van der Waals surface area contributed by atoms with Crippen LogP contribution in [0.3, 0.4) is 0 Å². The summed E-state index contributed by atoms with van der Waals surface area (Å²) < 4.78 is 18.4. The van der Waals surface area contributed by atoms with E-state index in [-0.39, 0.29) is 37.9 Å². The molecule has 140 valence electrons. The first-order valence-corrected chi connectivity index (χ1v) is 9.00. The molecule has 1 aromatic carbocycles. The van der Waals surface area contributed by atoms with Crippen LogP contribution in [0, 0.1) is 11.2 Å². The predicted molar refractivity (Wildman–Crippen MR) is 91.8 cm³/mol. The number of hydrogen-bond donors (Lipinski definition) is 1. The first kappa shape index (κ1) is 18.4. The highest BCUT2D eigenvalue weighted by atomic mass is 19.1. The molecule has 1 saturated heterocycles. The third kappa shape index (κ3) is 4.03. The molecule has 7 heteroatoms. The molecule has 26 heavy (non-hydrogen) atoms. The van der Waals surface area contributed by atoms with Crippen LogP contribution in [0.2, 0.25) is 0 Å². The summed E-state index contributed by atoms with van der Waals surface area (Å²) in [6.45, 7) is 0.122. The molecule has 3 amide bonds. The van der Waals surface area contributed by atoms with Crippen molar-refractivity contribution in [1.29, 1.82) is 0 Å². The number of hydrogen-bond acceptors (Lipinski definition) is 4. The first-order valence-electron chi connectivity index (χ1n) is 9.00. The second kappa shape index (κ2) is 7.85. The molecule has 1 heterocycles. The molecule has 1 aliphatic heterocycles. The molecule has 1 spiro atoms. The maximum atomic E-state index is 13.0. The van der Waals surface area contributed by atoms with Gasteiger partial charge in [0.2, 0.25) is 17.7 Å². The van der Waals surface area contributed by atoms with E-state index in [0.29, 0.717) is 5.75 Å². The number of amides is 3. The summed E-state index contributed by atoms with van der Waals surface area (Å²) in [6, 6.07) is 5.73. The zero-order valence-corrected chi connectivity index (χ0v) is 14.6. The van der Waals surface area contributed by atoms with E-state index >= 15 is 0 Å². The van der Waals surface area contributed by atoms with Gasteiger partial charge >= 0.3 is 0 Å². The molecule has 0 radical (unpaired) electrons. The normalized spacial score (nSPS) is 19.0. The van der Waals surface area contributed by atoms with Gasteiger partial charge in [0, 0.05) is 12.5 Å². The number of ether oxygens (including phenoxy) is 1. The van der Waals surface area contributed by atoms with Crippen LogP contribution in [0.25, 0.3) is 0 Å². The fourth-order valence-corrected chi connectivity index (χ4v) is 3.75. The Kier molecular flexibility index (Phi) is 5.54. The smallest absolute Gasteiger partial charge is 0.240 e. The van der Waals surface area contributed by atoms with E-state index in [0.717, 1.165) is 37.0 Å². The topological polar surface area (TPSA) is 75.7 Å². The molecule has 6 nitrogen and oxygen atoms in total. The van der Waals surface area contributed by atoms with Crippen LogP contribution >= 0.6 is 0 Å². The average Bonchev–Trinajstić information content (AvgIpc) is 2.84. The van der Waals surface area contributed by atoms with E-state index in [1.165, 1.54) is 18.2 Å². The quantitative estimate of drug-likeness (QED) is 0.621. The summed E-state index contributed by atoms with van der Waals surface area (Å²) in [4.78, 5) is 38.0. The van der Waals surface area contributed by atoms with E-state index in [2.05, 4.69) is 5.32 Å². The molecule has 1 aliphatic carbocycles. The zero-order chi connectivity index (χ0) is 18.6. The minimum Gasteiger partial charge on any atom is -0.492 e. The highest BCUT2D eigenvalue weighted by molar-refractivity contribution is 6.08. The highest BCUT2D eigenvalue weighted by Gasteiger charge is 2.51. The Morgan fingerprint density at radius 3 is 2.73 bits per heavy atom. The molecule has 0 atom stereocenters. The SMILES string of the molecule is O=C(CN1C(=O)CC2(CCCCC2)C1=O)NCCOc1cccc(F)c1. The van der Waals surface area contributed by atoms with Crippen LogP contribution in [0.1, 0.15) is 38.5 Å². The standard InChI is InChI=1S/C19H23FN2O4/c20-14-5-4-6-15(11-14)26-10-9-21-16(23)13-22-17(24)12-19(18(22)25)7-2-1-3-8-19/h4-6,11H,1-3,7-10,12-13H2,(H,21,23). The maximum Gasteiger partial charge on any atom is 0.240 e. The van der Waals surface area contributed by atoms with Crippen LogP contribution in [0.4, 0.5) is 4.39 Å². The van der Waals surface area contributed by atoms with Crippen molar-refractivity contribution in [2.75, 3.05) is 19.7 Å². The number of carbonyl (C=O) groups excluding carboxylic acids is 3. The molecule has 0 bridgehead atoms. The number of rotatable bonds is 6. The lowest BCUT2D eigenvalue weighted by Gasteiger charge is -2.30. The van der Waals surface area contributed by atoms with Gasteiger partial charge in [-0.15, -0.1) is 0 Å². The average molecular weight is 362 g/mol. The van der Waals surface area contributed by atoms with Crippen molar-refractivity contribution in [3.8, 4) is 5.75 Å². The van der Waals surface area contributed by atoms with Gasteiger partial charge in [0.25, 0.3) is 0 Å². The number of nitrogens with one attached hydrogen (secondary N) is 1. The molecule has 2 fully saturated rings. The second-order valence-electron chi connectivity index (χ2n) is 6.96. The van der Waals surface area contributed by atoms with Gasteiger partial charge in [-0.3, -0.25) is 19.3 Å². The molecule has 0 aromatic heterocycles. The van der Waals surface area contributed by atoms with Crippen molar-refractivity contribution in [3.63, 3.8) is 0 Å². The first-order chi connectivity index (χ1) is 12.5. The molecule has 1 saturated carbocycles. The van der Waals surface area contributed by atoms with Gasteiger partial charge in [-0.25, -0.2) is 4.39 Å². The predicted octanol–water partition coefficient (Wildman–Crippen LogP) is 2.03. The van der Waals surface area contributed by atoms with E-state index in [9.17, 15) is 18.8 Å². The number of halogens is 1. The summed E-state index contributed by atoms with van der Waals surface area (Å²) in [7, 11) is 0. The third-order valence-electron chi connectivity index (χ3n) is 5.09. The Balaban J connectivity index is 1.44. The third-order valence-corrected chi connectivity index (χ3v) is 5.09. The largest absolute Gasteiger partial charge is 0.492 e. The molecule has 1 aromatic rings. The fourth-order valence-electron chi connectivity index (χ4n) is 3.75. The van der Waals surface area contributed by atoms with Crippen molar-refractivity contribution in [3.05, 3.63) is 30.1 Å². The van der Waals surface area contributed by atoms with Gasteiger partial charge < -0.3 is 10.1 Å². The number of benzene rings is 1. The molecular weight excluding hydrogens is 339 g/mol. The molecule has 3 rings (SSSR count). The number of likely N-dealkylation sites (tertiary alicyclic amines) is 1. The Morgan fingerprint density at radius 2 is 2.00 bits per heavy atom. The monoisotopic (exact) mass is 362 g/mol. The lowest BCUT2D eigenvalue weighted by Crippen LogP contribution is -2.43. The number of imide groups is 1. The number of nitrogens with zero attached hydrogens (tertiary/aromatic N) is 1. The van der Waals surface area contributed by atoms with Gasteiger partial charge in [-0.2, -0.15) is 0 Å². The number of carbonyl (C=O) groups is 3. The van der Waals surface area contributed by atoms with Crippen molar-refractivity contribution in [2.45, 2.75) is 38.5 Å². The molecule has 0 unspecified atom stereocenters. The van der Waals surface area contributed by atoms with Crippen LogP contribution in [-0.2, 0) is 14.4 Å². The van der Waals surface area contributed by atoms with Crippen molar-refractivity contribution >= 4 is 17.7 Å². The summed E-state index contributed by atoms with van der Waals surface area (Å²) in [6.07, 6.45) is 4.69. The molecular formula is C19H23FN2O4. The lowest BCUT2D eigenvalue weighted by atomic mass is 9.73. The minimum atomic E-state index is -0.573. The Bertz CT molecular complexity index is 701. The van der Waals surface area contributed by atoms with E-state index in [1.807, 2.05) is 0 Å². The van der Waals surface area contributed by atoms with Gasteiger partial charge in [0.15, 0.2) is 0 Å². The second-order valence-corrected chi connectivity index (χ2v) is 6.96. The highest BCUT2D eigenvalue weighted by Crippen LogP contribution is 2.45. The van der Waals surface area contributed by atoms with Crippen molar-refractivity contribution < 1.29 is 23.5 Å². The van der Waals surface area contributed by atoms with Gasteiger partial charge in [0.05, 0.1) is 12.0 Å². The van der Waals surface area contributed by atoms with E-state index < -0.39 is 17.1 Å². The summed E-state index contributed by atoms with van der Waals surface area (Å²) in [5.41, 5.74) is -0.573. The van der Waals surface area contributed by atoms with Gasteiger partial charge in [-0.05, 0) is 25.0 Å². The van der Waals surface area contributed by atoms with Crippen molar-refractivity contribution in [1.82, 2.24) is 10.2 Å². The Labute approximate surface area is 151 Å². The minimum absolute atomic E-state index is 0.168. The van der Waals surface area contributed by atoms with Crippen LogP contribution in [0.15, 0.2) is 24.3 Å². The van der Waals surface area contributed by atoms with E-state index in [4.69, 9.17) is 4.74 Å². The van der Waals surface area contributed by atoms with Crippen LogP contribution < -0.4 is 10.1 Å². The van der Waals surface area contributed by atoms with Gasteiger partial charge in [-0.1, -0.05) is 25.3 Å². The van der Waals surface area contributed by atoms with E-state index in [1.54, 1.807) is 6.07 Å². The Morgan fingerprint density at radius 1 is 1.23 bits per heavy atom. The van der Waals surface area contributed by atoms with Crippen LogP contribution in [-0.4, -0.2) is 42.3 Å². The summed E-state index contributed by atoms with van der Waals surface area (Å²) in [5.74, 6) is -0.878. The molecule has 2 aliphatic rings. The summed E-state index contributed by atoms with van der Waals surface area (Å²) >= 11 is 0. The zero-order valence-electron chi connectivity index (χ0n) is 14.6. The molecule has 1 N–H and O–H groups in total. The summed E-state index contributed by atoms with van der Waals surface area (Å²) in [5, 5.41) is 2.62. The maximum absolute atomic E-state index is 13.0.